The molecule has 3 aromatic heterocycles. The van der Waals surface area contributed by atoms with Crippen LogP contribution in [0.1, 0.15) is 38.3 Å². The molecule has 0 saturated carbocycles. The standard InChI is InChI=1S/C26H25F5N6O3/c1-13(35-20-11-34-36-23(38)21(20)26(29,30)31)6-16(27)12-37-5-4-14-7-18(19(28)8-17(14)24(37)39)22-32-9-15(10-33-22)25(2,3)40/h4-5,7-11,13,16,40H,6,12H2,1-3H3,(H2,35,36,38)/t13-,16-/m1/s1. The van der Waals surface area contributed by atoms with Gasteiger partial charge in [0.1, 0.15) is 17.6 Å². The molecule has 0 amide bonds. The van der Waals surface area contributed by atoms with Gasteiger partial charge in [0.15, 0.2) is 5.82 Å². The number of aromatic nitrogens is 5. The van der Waals surface area contributed by atoms with Crippen LogP contribution in [0.2, 0.25) is 0 Å². The largest absolute Gasteiger partial charge is 0.423 e. The quantitative estimate of drug-likeness (QED) is 0.275. The molecule has 2 atom stereocenters. The third-order valence-corrected chi connectivity index (χ3v) is 6.21. The molecule has 0 bridgehead atoms. The number of hydrogen-bond acceptors (Lipinski definition) is 7. The number of benzene rings is 1. The molecule has 3 N–H and O–H groups in total. The van der Waals surface area contributed by atoms with Crippen LogP contribution < -0.4 is 16.4 Å². The smallest absolute Gasteiger partial charge is 0.386 e. The minimum Gasteiger partial charge on any atom is -0.386 e. The molecule has 4 rings (SSSR count). The Balaban J connectivity index is 1.51. The number of halogens is 5. The van der Waals surface area contributed by atoms with E-state index in [0.29, 0.717) is 10.9 Å². The molecule has 3 heterocycles. The lowest BCUT2D eigenvalue weighted by Crippen LogP contribution is -2.30. The maximum atomic E-state index is 15.0. The van der Waals surface area contributed by atoms with E-state index < -0.39 is 58.7 Å². The zero-order chi connectivity index (χ0) is 29.4. The van der Waals surface area contributed by atoms with Crippen molar-refractivity contribution in [1.82, 2.24) is 24.7 Å². The Hall–Kier alpha value is -4.20. The Kier molecular flexibility index (Phi) is 7.74. The number of hydrogen-bond donors (Lipinski definition) is 3. The van der Waals surface area contributed by atoms with E-state index in [0.717, 1.165) is 16.8 Å². The van der Waals surface area contributed by atoms with Crippen LogP contribution in [0.3, 0.4) is 0 Å². The summed E-state index contributed by atoms with van der Waals surface area (Å²) in [6, 6.07) is 3.03. The second-order valence-electron chi connectivity index (χ2n) is 9.91. The predicted octanol–water partition coefficient (Wildman–Crippen LogP) is 4.16. The third-order valence-electron chi connectivity index (χ3n) is 6.21. The summed E-state index contributed by atoms with van der Waals surface area (Å²) < 4.78 is 70.7. The van der Waals surface area contributed by atoms with E-state index in [4.69, 9.17) is 0 Å². The maximum absolute atomic E-state index is 15.0. The van der Waals surface area contributed by atoms with Crippen LogP contribution in [0.4, 0.5) is 27.6 Å². The highest BCUT2D eigenvalue weighted by atomic mass is 19.4. The van der Waals surface area contributed by atoms with Gasteiger partial charge in [0.2, 0.25) is 0 Å². The van der Waals surface area contributed by atoms with Crippen LogP contribution in [-0.2, 0) is 18.3 Å². The molecule has 4 aromatic rings. The Labute approximate surface area is 223 Å². The topological polar surface area (TPSA) is 126 Å². The van der Waals surface area contributed by atoms with Crippen LogP contribution in [0.5, 0.6) is 0 Å². The SMILES string of the molecule is C[C@H](C[C@@H](F)Cn1ccc2cc(-c3ncc(C(C)(C)O)cn3)c(F)cc2c1=O)Nc1cn[nH]c(=O)c1C(F)(F)F. The summed E-state index contributed by atoms with van der Waals surface area (Å²) in [6.45, 7) is 4.09. The summed E-state index contributed by atoms with van der Waals surface area (Å²) >= 11 is 0. The fourth-order valence-corrected chi connectivity index (χ4v) is 4.19. The molecule has 9 nitrogen and oxygen atoms in total. The van der Waals surface area contributed by atoms with Crippen LogP contribution in [0, 0.1) is 5.82 Å². The maximum Gasteiger partial charge on any atom is 0.423 e. The lowest BCUT2D eigenvalue weighted by atomic mass is 10.0. The van der Waals surface area contributed by atoms with Gasteiger partial charge >= 0.3 is 6.18 Å². The van der Waals surface area contributed by atoms with Gasteiger partial charge in [0, 0.05) is 36.6 Å². The van der Waals surface area contributed by atoms with E-state index in [1.54, 1.807) is 18.9 Å². The first kappa shape index (κ1) is 28.8. The van der Waals surface area contributed by atoms with E-state index in [-0.39, 0.29) is 23.2 Å². The summed E-state index contributed by atoms with van der Waals surface area (Å²) in [5, 5.41) is 17.9. The summed E-state index contributed by atoms with van der Waals surface area (Å²) in [5.74, 6) is -0.730. The van der Waals surface area contributed by atoms with E-state index in [9.17, 15) is 36.6 Å². The van der Waals surface area contributed by atoms with Crippen molar-refractivity contribution in [3.63, 3.8) is 0 Å². The van der Waals surface area contributed by atoms with Crippen LogP contribution >= 0.6 is 0 Å². The first-order valence-electron chi connectivity index (χ1n) is 12.1. The van der Waals surface area contributed by atoms with E-state index >= 15 is 0 Å². The number of aliphatic hydroxyl groups is 1. The van der Waals surface area contributed by atoms with Crippen LogP contribution in [0.15, 0.2) is 52.6 Å². The van der Waals surface area contributed by atoms with Crippen molar-refractivity contribution in [3.05, 3.63) is 80.6 Å². The lowest BCUT2D eigenvalue weighted by Gasteiger charge is -2.20. The molecule has 212 valence electrons. The molecule has 1 aromatic carbocycles. The van der Waals surface area contributed by atoms with Crippen molar-refractivity contribution in [1.29, 1.82) is 0 Å². The highest BCUT2D eigenvalue weighted by Crippen LogP contribution is 2.32. The molecular formula is C26H25F5N6O3. The highest BCUT2D eigenvalue weighted by Gasteiger charge is 2.37. The number of H-pyrrole nitrogens is 1. The lowest BCUT2D eigenvalue weighted by molar-refractivity contribution is -0.138. The molecule has 0 spiro atoms. The van der Waals surface area contributed by atoms with Gasteiger partial charge in [0.25, 0.3) is 11.1 Å². The number of alkyl halides is 4. The third kappa shape index (κ3) is 6.17. The minimum absolute atomic E-state index is 0.0142. The van der Waals surface area contributed by atoms with Gasteiger partial charge in [-0.05, 0) is 44.4 Å². The van der Waals surface area contributed by atoms with E-state index in [2.05, 4.69) is 20.4 Å². The van der Waals surface area contributed by atoms with Crippen molar-refractivity contribution in [2.45, 2.75) is 57.7 Å². The van der Waals surface area contributed by atoms with Gasteiger partial charge in [-0.25, -0.2) is 23.8 Å². The number of fused-ring (bicyclic) bond motifs is 1. The Bertz CT molecular complexity index is 1640. The zero-order valence-electron chi connectivity index (χ0n) is 21.6. The van der Waals surface area contributed by atoms with Gasteiger partial charge in [-0.2, -0.15) is 18.3 Å². The second kappa shape index (κ2) is 10.8. The molecule has 0 aliphatic rings. The summed E-state index contributed by atoms with van der Waals surface area (Å²) in [6.07, 6.45) is -2.06. The first-order valence-corrected chi connectivity index (χ1v) is 12.1. The van der Waals surface area contributed by atoms with Gasteiger partial charge in [-0.3, -0.25) is 9.59 Å². The Morgan fingerprint density at radius 3 is 2.42 bits per heavy atom. The molecule has 14 heteroatoms. The van der Waals surface area contributed by atoms with Gasteiger partial charge in [-0.15, -0.1) is 0 Å². The van der Waals surface area contributed by atoms with E-state index in [1.165, 1.54) is 37.6 Å². The Morgan fingerprint density at radius 1 is 1.12 bits per heavy atom. The van der Waals surface area contributed by atoms with Crippen LogP contribution in [0.25, 0.3) is 22.2 Å². The van der Waals surface area contributed by atoms with Crippen molar-refractivity contribution in [3.8, 4) is 11.4 Å². The molecule has 0 unspecified atom stereocenters. The van der Waals surface area contributed by atoms with Crippen molar-refractivity contribution < 1.29 is 27.1 Å². The monoisotopic (exact) mass is 564 g/mol. The summed E-state index contributed by atoms with van der Waals surface area (Å²) in [7, 11) is 0. The average Bonchev–Trinajstić information content (AvgIpc) is 2.84. The molecule has 0 saturated heterocycles. The average molecular weight is 565 g/mol. The highest BCUT2D eigenvalue weighted by molar-refractivity contribution is 5.86. The summed E-state index contributed by atoms with van der Waals surface area (Å²) in [5.41, 5.74) is -4.89. The molecule has 0 aliphatic carbocycles. The first-order chi connectivity index (χ1) is 18.6. The fraction of sp³-hybridized carbons (Fsp3) is 0.346. The van der Waals surface area contributed by atoms with Crippen molar-refractivity contribution in [2.75, 3.05) is 5.32 Å². The van der Waals surface area contributed by atoms with E-state index in [1.807, 2.05) is 0 Å². The van der Waals surface area contributed by atoms with Gasteiger partial charge < -0.3 is 15.0 Å². The molecule has 0 fully saturated rings. The number of aromatic amines is 1. The Morgan fingerprint density at radius 2 is 1.80 bits per heavy atom. The van der Waals surface area contributed by atoms with Crippen LogP contribution in [-0.4, -0.2) is 42.1 Å². The molecular weight excluding hydrogens is 539 g/mol. The fourth-order valence-electron chi connectivity index (χ4n) is 4.19. The summed E-state index contributed by atoms with van der Waals surface area (Å²) in [4.78, 5) is 32.8. The number of rotatable bonds is 8. The molecule has 40 heavy (non-hydrogen) atoms. The van der Waals surface area contributed by atoms with Gasteiger partial charge in [0.05, 0.1) is 35.0 Å². The number of nitrogens with one attached hydrogen (secondary N) is 2. The number of anilines is 1. The zero-order valence-corrected chi connectivity index (χ0v) is 21.6. The predicted molar refractivity (Wildman–Crippen MR) is 137 cm³/mol. The second-order valence-corrected chi connectivity index (χ2v) is 9.91. The minimum atomic E-state index is -4.95. The van der Waals surface area contributed by atoms with Crippen molar-refractivity contribution in [2.24, 2.45) is 0 Å². The normalized spacial score (nSPS) is 13.8. The van der Waals surface area contributed by atoms with Gasteiger partial charge in [-0.1, -0.05) is 0 Å². The van der Waals surface area contributed by atoms with Crippen molar-refractivity contribution >= 4 is 16.5 Å². The molecule has 0 aliphatic heterocycles. The molecule has 0 radical (unpaired) electrons. The number of pyridine rings is 1. The number of nitrogens with zero attached hydrogens (tertiary/aromatic N) is 4.